The lowest BCUT2D eigenvalue weighted by Crippen LogP contribution is -2.23. The van der Waals surface area contributed by atoms with Gasteiger partial charge in [-0.3, -0.25) is 9.89 Å². The number of benzene rings is 1. The molecule has 1 heterocycles. The van der Waals surface area contributed by atoms with Gasteiger partial charge in [-0.2, -0.15) is 5.10 Å². The molecule has 0 fully saturated rings. The Balaban J connectivity index is 2.04. The number of H-pyrrole nitrogens is 1. The molecular weight excluding hydrogens is 282 g/mol. The fraction of sp³-hybridized carbons (Fsp3) is 0.167. The van der Waals surface area contributed by atoms with Crippen LogP contribution < -0.4 is 5.32 Å². The molecule has 0 atom stereocenters. The first-order valence-electron chi connectivity index (χ1n) is 5.19. The van der Waals surface area contributed by atoms with Crippen molar-refractivity contribution in [1.29, 1.82) is 0 Å². The van der Waals surface area contributed by atoms with E-state index in [-0.39, 0.29) is 5.91 Å². The molecule has 2 N–H and O–H groups in total. The third-order valence-corrected chi connectivity index (χ3v) is 2.92. The molecule has 0 spiro atoms. The molecule has 0 unspecified atom stereocenters. The number of nitrogens with zero attached hydrogens (tertiary/aromatic N) is 1. The van der Waals surface area contributed by atoms with E-state index < -0.39 is 0 Å². The van der Waals surface area contributed by atoms with Crippen LogP contribution in [0.25, 0.3) is 0 Å². The van der Waals surface area contributed by atoms with E-state index in [9.17, 15) is 4.79 Å². The normalized spacial score (nSPS) is 10.2. The van der Waals surface area contributed by atoms with Crippen molar-refractivity contribution >= 4 is 21.8 Å². The van der Waals surface area contributed by atoms with Crippen LogP contribution in [0, 0.1) is 6.92 Å². The molecule has 4 nitrogen and oxygen atoms in total. The summed E-state index contributed by atoms with van der Waals surface area (Å²) in [5.41, 5.74) is 2.52. The van der Waals surface area contributed by atoms with Crippen molar-refractivity contribution < 1.29 is 4.79 Å². The summed E-state index contributed by atoms with van der Waals surface area (Å²) in [6.07, 6.45) is 1.66. The SMILES string of the molecule is Cc1cc(Br)ccc1C(=O)NCc1ccn[nH]1. The van der Waals surface area contributed by atoms with Crippen LogP contribution >= 0.6 is 15.9 Å². The summed E-state index contributed by atoms with van der Waals surface area (Å²) in [5, 5.41) is 9.45. The number of nitrogens with one attached hydrogen (secondary N) is 2. The molecule has 88 valence electrons. The van der Waals surface area contributed by atoms with Crippen molar-refractivity contribution in [3.05, 3.63) is 51.8 Å². The summed E-state index contributed by atoms with van der Waals surface area (Å²) >= 11 is 3.37. The van der Waals surface area contributed by atoms with Gasteiger partial charge in [-0.1, -0.05) is 15.9 Å². The van der Waals surface area contributed by atoms with Gasteiger partial charge in [0.05, 0.1) is 12.2 Å². The second-order valence-electron chi connectivity index (χ2n) is 3.72. The molecule has 5 heteroatoms. The molecule has 1 aromatic heterocycles. The largest absolute Gasteiger partial charge is 0.346 e. The lowest BCUT2D eigenvalue weighted by Gasteiger charge is -2.07. The summed E-state index contributed by atoms with van der Waals surface area (Å²) in [4.78, 5) is 11.9. The molecule has 17 heavy (non-hydrogen) atoms. The Labute approximate surface area is 108 Å². The maximum Gasteiger partial charge on any atom is 0.251 e. The molecule has 0 aliphatic heterocycles. The highest BCUT2D eigenvalue weighted by molar-refractivity contribution is 9.10. The van der Waals surface area contributed by atoms with E-state index in [0.29, 0.717) is 12.1 Å². The molecule has 2 rings (SSSR count). The van der Waals surface area contributed by atoms with E-state index in [0.717, 1.165) is 15.7 Å². The van der Waals surface area contributed by atoms with Crippen molar-refractivity contribution in [1.82, 2.24) is 15.5 Å². The van der Waals surface area contributed by atoms with E-state index in [1.165, 1.54) is 0 Å². The monoisotopic (exact) mass is 293 g/mol. The molecule has 0 radical (unpaired) electrons. The highest BCUT2D eigenvalue weighted by Gasteiger charge is 2.08. The fourth-order valence-corrected chi connectivity index (χ4v) is 2.01. The lowest BCUT2D eigenvalue weighted by atomic mass is 10.1. The summed E-state index contributed by atoms with van der Waals surface area (Å²) in [5.74, 6) is -0.0791. The Kier molecular flexibility index (Phi) is 3.58. The van der Waals surface area contributed by atoms with E-state index in [1.807, 2.05) is 31.2 Å². The summed E-state index contributed by atoms with van der Waals surface area (Å²) in [6, 6.07) is 7.42. The number of carbonyl (C=O) groups is 1. The Morgan fingerprint density at radius 3 is 2.94 bits per heavy atom. The van der Waals surface area contributed by atoms with Gasteiger partial charge in [0.2, 0.25) is 0 Å². The van der Waals surface area contributed by atoms with Crippen molar-refractivity contribution in [3.8, 4) is 0 Å². The number of aryl methyl sites for hydroxylation is 1. The van der Waals surface area contributed by atoms with E-state index in [2.05, 4.69) is 31.4 Å². The Bertz CT molecular complexity index is 523. The van der Waals surface area contributed by atoms with Crippen LogP contribution in [0.15, 0.2) is 34.9 Å². The quantitative estimate of drug-likeness (QED) is 0.913. The minimum atomic E-state index is -0.0791. The number of hydrogen-bond acceptors (Lipinski definition) is 2. The molecule has 0 saturated heterocycles. The zero-order valence-corrected chi connectivity index (χ0v) is 10.9. The van der Waals surface area contributed by atoms with Gasteiger partial charge in [-0.15, -0.1) is 0 Å². The van der Waals surface area contributed by atoms with Crippen LogP contribution in [0.1, 0.15) is 21.6 Å². The number of carbonyl (C=O) groups excluding carboxylic acids is 1. The summed E-state index contributed by atoms with van der Waals surface area (Å²) in [7, 11) is 0. The first-order chi connectivity index (χ1) is 8.16. The van der Waals surface area contributed by atoms with Crippen LogP contribution in [-0.2, 0) is 6.54 Å². The molecule has 0 bridgehead atoms. The Morgan fingerprint density at radius 2 is 2.29 bits per heavy atom. The molecule has 0 aliphatic rings. The van der Waals surface area contributed by atoms with Gasteiger partial charge >= 0.3 is 0 Å². The first-order valence-corrected chi connectivity index (χ1v) is 5.99. The van der Waals surface area contributed by atoms with Gasteiger partial charge in [-0.25, -0.2) is 0 Å². The summed E-state index contributed by atoms with van der Waals surface area (Å²) < 4.78 is 0.972. The van der Waals surface area contributed by atoms with Crippen molar-refractivity contribution in [2.75, 3.05) is 0 Å². The highest BCUT2D eigenvalue weighted by atomic mass is 79.9. The third kappa shape index (κ3) is 2.94. The van der Waals surface area contributed by atoms with Crippen LogP contribution in [0.3, 0.4) is 0 Å². The number of rotatable bonds is 3. The van der Waals surface area contributed by atoms with Gasteiger partial charge in [0.15, 0.2) is 0 Å². The van der Waals surface area contributed by atoms with Gasteiger partial charge in [0.1, 0.15) is 0 Å². The lowest BCUT2D eigenvalue weighted by molar-refractivity contribution is 0.0950. The average molecular weight is 294 g/mol. The molecule has 1 aromatic carbocycles. The van der Waals surface area contributed by atoms with Crippen molar-refractivity contribution in [2.45, 2.75) is 13.5 Å². The number of aromatic amines is 1. The van der Waals surface area contributed by atoms with Crippen molar-refractivity contribution in [3.63, 3.8) is 0 Å². The zero-order chi connectivity index (χ0) is 12.3. The second kappa shape index (κ2) is 5.14. The number of amides is 1. The molecule has 0 saturated carbocycles. The highest BCUT2D eigenvalue weighted by Crippen LogP contribution is 2.15. The maximum absolute atomic E-state index is 11.9. The van der Waals surface area contributed by atoms with E-state index in [1.54, 1.807) is 6.20 Å². The standard InChI is InChI=1S/C12H12BrN3O/c1-8-6-9(13)2-3-11(8)12(17)14-7-10-4-5-15-16-10/h2-6H,7H2,1H3,(H,14,17)(H,15,16). The number of halogens is 1. The minimum Gasteiger partial charge on any atom is -0.346 e. The zero-order valence-electron chi connectivity index (χ0n) is 9.33. The maximum atomic E-state index is 11.9. The average Bonchev–Trinajstić information content (AvgIpc) is 2.78. The van der Waals surface area contributed by atoms with Gasteiger partial charge in [0, 0.05) is 16.2 Å². The van der Waals surface area contributed by atoms with E-state index >= 15 is 0 Å². The first kappa shape index (κ1) is 11.9. The smallest absolute Gasteiger partial charge is 0.251 e. The van der Waals surface area contributed by atoms with E-state index in [4.69, 9.17) is 0 Å². The fourth-order valence-electron chi connectivity index (χ4n) is 1.54. The van der Waals surface area contributed by atoms with Crippen molar-refractivity contribution in [2.24, 2.45) is 0 Å². The van der Waals surface area contributed by atoms with Crippen LogP contribution in [0.2, 0.25) is 0 Å². The number of aromatic nitrogens is 2. The van der Waals surface area contributed by atoms with Crippen LogP contribution in [0.4, 0.5) is 0 Å². The summed E-state index contributed by atoms with van der Waals surface area (Å²) in [6.45, 7) is 2.37. The molecule has 0 aliphatic carbocycles. The number of hydrogen-bond donors (Lipinski definition) is 2. The molecule has 2 aromatic rings. The Hall–Kier alpha value is -1.62. The third-order valence-electron chi connectivity index (χ3n) is 2.43. The second-order valence-corrected chi connectivity index (χ2v) is 4.64. The topological polar surface area (TPSA) is 57.8 Å². The van der Waals surface area contributed by atoms with Crippen LogP contribution in [-0.4, -0.2) is 16.1 Å². The molecule has 1 amide bonds. The minimum absolute atomic E-state index is 0.0791. The van der Waals surface area contributed by atoms with Gasteiger partial charge < -0.3 is 5.32 Å². The predicted octanol–water partition coefficient (Wildman–Crippen LogP) is 2.41. The van der Waals surface area contributed by atoms with Crippen LogP contribution in [0.5, 0.6) is 0 Å². The predicted molar refractivity (Wildman–Crippen MR) is 68.6 cm³/mol. The van der Waals surface area contributed by atoms with Gasteiger partial charge in [0.25, 0.3) is 5.91 Å². The Morgan fingerprint density at radius 1 is 1.47 bits per heavy atom. The molecular formula is C12H12BrN3O. The van der Waals surface area contributed by atoms with Gasteiger partial charge in [-0.05, 0) is 36.8 Å².